The van der Waals surface area contributed by atoms with E-state index in [1.807, 2.05) is 59.1 Å². The Morgan fingerprint density at radius 2 is 1.81 bits per heavy atom. The van der Waals surface area contributed by atoms with E-state index in [4.69, 9.17) is 4.74 Å². The highest BCUT2D eigenvalue weighted by Gasteiger charge is 2.34. The maximum absolute atomic E-state index is 13.3. The van der Waals surface area contributed by atoms with Crippen LogP contribution in [-0.4, -0.2) is 59.0 Å². The second-order valence-electron chi connectivity index (χ2n) is 9.76. The number of hydrogen-bond acceptors (Lipinski definition) is 3. The number of amides is 2. The fourth-order valence-electron chi connectivity index (χ4n) is 3.84. The molecule has 2 amide bonds. The first-order valence-electron chi connectivity index (χ1n) is 11.5. The van der Waals surface area contributed by atoms with E-state index in [9.17, 15) is 9.59 Å². The highest BCUT2D eigenvalue weighted by Crippen LogP contribution is 2.29. The quantitative estimate of drug-likeness (QED) is 0.526. The Kier molecular flexibility index (Phi) is 7.77. The first-order valence-corrected chi connectivity index (χ1v) is 11.5. The van der Waals surface area contributed by atoms with Crippen molar-refractivity contribution < 1.29 is 14.3 Å². The summed E-state index contributed by atoms with van der Waals surface area (Å²) >= 11 is 0. The summed E-state index contributed by atoms with van der Waals surface area (Å²) in [7, 11) is 3.64. The summed E-state index contributed by atoms with van der Waals surface area (Å²) in [5.74, 6) is -0.102. The standard InChI is InChI=1S/C26H37N3O3/c1-26(2,3)21-11-9-20(10-12-21)25(31)28(16-7-17-32-5)19-24(30)29(22-13-14-22)18-23-8-6-15-27(23)4/h6,8-12,15,22H,7,13-14,16-19H2,1-5H3. The summed E-state index contributed by atoms with van der Waals surface area (Å²) in [6.45, 7) is 8.16. The smallest absolute Gasteiger partial charge is 0.254 e. The van der Waals surface area contributed by atoms with Crippen LogP contribution in [0, 0.1) is 0 Å². The van der Waals surface area contributed by atoms with Crippen LogP contribution in [0.5, 0.6) is 0 Å². The number of benzene rings is 1. The van der Waals surface area contributed by atoms with E-state index in [1.54, 1.807) is 12.0 Å². The molecule has 0 aliphatic heterocycles. The first-order chi connectivity index (χ1) is 15.2. The molecule has 0 spiro atoms. The number of rotatable bonds is 10. The Hall–Kier alpha value is -2.60. The van der Waals surface area contributed by atoms with Gasteiger partial charge in [-0.3, -0.25) is 9.59 Å². The van der Waals surface area contributed by atoms with Crippen molar-refractivity contribution in [3.05, 3.63) is 59.4 Å². The number of aromatic nitrogens is 1. The van der Waals surface area contributed by atoms with E-state index in [2.05, 4.69) is 20.8 Å². The van der Waals surface area contributed by atoms with Crippen molar-refractivity contribution in [1.82, 2.24) is 14.4 Å². The van der Waals surface area contributed by atoms with Crippen molar-refractivity contribution >= 4 is 11.8 Å². The highest BCUT2D eigenvalue weighted by molar-refractivity contribution is 5.96. The van der Waals surface area contributed by atoms with Crippen LogP contribution in [-0.2, 0) is 28.5 Å². The van der Waals surface area contributed by atoms with Gasteiger partial charge in [-0.2, -0.15) is 0 Å². The van der Waals surface area contributed by atoms with Crippen molar-refractivity contribution in [2.75, 3.05) is 26.8 Å². The van der Waals surface area contributed by atoms with Crippen molar-refractivity contribution in [1.29, 1.82) is 0 Å². The van der Waals surface area contributed by atoms with E-state index in [1.165, 1.54) is 5.56 Å². The Morgan fingerprint density at radius 3 is 2.34 bits per heavy atom. The van der Waals surface area contributed by atoms with Gasteiger partial charge in [0.05, 0.1) is 6.54 Å². The molecule has 1 saturated carbocycles. The Labute approximate surface area is 192 Å². The molecule has 1 heterocycles. The topological polar surface area (TPSA) is 54.8 Å². The van der Waals surface area contributed by atoms with Gasteiger partial charge < -0.3 is 19.1 Å². The van der Waals surface area contributed by atoms with E-state index in [-0.39, 0.29) is 29.8 Å². The van der Waals surface area contributed by atoms with Gasteiger partial charge in [0.2, 0.25) is 5.91 Å². The molecule has 174 valence electrons. The van der Waals surface area contributed by atoms with Gasteiger partial charge in [-0.15, -0.1) is 0 Å². The Morgan fingerprint density at radius 1 is 1.12 bits per heavy atom. The van der Waals surface area contributed by atoms with Gasteiger partial charge in [-0.05, 0) is 54.5 Å². The van der Waals surface area contributed by atoms with E-state index >= 15 is 0 Å². The van der Waals surface area contributed by atoms with Crippen molar-refractivity contribution in [3.8, 4) is 0 Å². The predicted molar refractivity (Wildman–Crippen MR) is 127 cm³/mol. The molecular weight excluding hydrogens is 402 g/mol. The maximum atomic E-state index is 13.3. The monoisotopic (exact) mass is 439 g/mol. The zero-order valence-corrected chi connectivity index (χ0v) is 20.1. The molecule has 0 saturated heterocycles. The molecule has 6 nitrogen and oxygen atoms in total. The average Bonchev–Trinajstić information content (AvgIpc) is 3.52. The third-order valence-electron chi connectivity index (χ3n) is 6.08. The molecule has 32 heavy (non-hydrogen) atoms. The van der Waals surface area contributed by atoms with Crippen LogP contribution in [0.1, 0.15) is 61.6 Å². The summed E-state index contributed by atoms with van der Waals surface area (Å²) in [6, 6.07) is 12.1. The summed E-state index contributed by atoms with van der Waals surface area (Å²) in [5.41, 5.74) is 2.92. The molecule has 0 bridgehead atoms. The third-order valence-corrected chi connectivity index (χ3v) is 6.08. The number of hydrogen-bond donors (Lipinski definition) is 0. The van der Waals surface area contributed by atoms with Crippen LogP contribution in [0.4, 0.5) is 0 Å². The van der Waals surface area contributed by atoms with E-state index in [0.717, 1.165) is 18.5 Å². The van der Waals surface area contributed by atoms with Crippen molar-refractivity contribution in [2.24, 2.45) is 7.05 Å². The van der Waals surface area contributed by atoms with Crippen LogP contribution in [0.15, 0.2) is 42.6 Å². The molecule has 1 aromatic heterocycles. The minimum absolute atomic E-state index is 0.00535. The Bertz CT molecular complexity index is 907. The molecule has 1 aromatic carbocycles. The number of nitrogens with zero attached hydrogens (tertiary/aromatic N) is 3. The second kappa shape index (κ2) is 10.3. The SMILES string of the molecule is COCCCN(CC(=O)N(Cc1cccn1C)C1CC1)C(=O)c1ccc(C(C)(C)C)cc1. The number of carbonyl (C=O) groups excluding carboxylic acids is 2. The lowest BCUT2D eigenvalue weighted by Gasteiger charge is -2.28. The number of methoxy groups -OCH3 is 1. The molecular formula is C26H37N3O3. The van der Waals surface area contributed by atoms with Crippen molar-refractivity contribution in [3.63, 3.8) is 0 Å². The molecule has 1 aliphatic rings. The van der Waals surface area contributed by atoms with Crippen LogP contribution in [0.25, 0.3) is 0 Å². The average molecular weight is 440 g/mol. The van der Waals surface area contributed by atoms with Gasteiger partial charge in [0, 0.05) is 50.8 Å². The number of carbonyl (C=O) groups is 2. The summed E-state index contributed by atoms with van der Waals surface area (Å²) in [5, 5.41) is 0. The van der Waals surface area contributed by atoms with E-state index < -0.39 is 0 Å². The largest absolute Gasteiger partial charge is 0.385 e. The Balaban J connectivity index is 1.74. The molecule has 1 aliphatic carbocycles. The van der Waals surface area contributed by atoms with Crippen LogP contribution < -0.4 is 0 Å². The molecule has 0 radical (unpaired) electrons. The van der Waals surface area contributed by atoms with Gasteiger partial charge in [0.25, 0.3) is 5.91 Å². The fraction of sp³-hybridized carbons (Fsp3) is 0.538. The van der Waals surface area contributed by atoms with Gasteiger partial charge in [0.15, 0.2) is 0 Å². The van der Waals surface area contributed by atoms with Crippen molar-refractivity contribution in [2.45, 2.75) is 58.0 Å². The predicted octanol–water partition coefficient (Wildman–Crippen LogP) is 3.99. The maximum Gasteiger partial charge on any atom is 0.254 e. The fourth-order valence-corrected chi connectivity index (χ4v) is 3.84. The van der Waals surface area contributed by atoms with Crippen LogP contribution >= 0.6 is 0 Å². The number of ether oxygens (including phenoxy) is 1. The zero-order chi connectivity index (χ0) is 23.3. The van der Waals surface area contributed by atoms with Crippen LogP contribution in [0.2, 0.25) is 0 Å². The zero-order valence-electron chi connectivity index (χ0n) is 20.1. The molecule has 0 N–H and O–H groups in total. The first kappa shape index (κ1) is 24.1. The normalized spacial score (nSPS) is 13.8. The molecule has 2 aromatic rings. The lowest BCUT2D eigenvalue weighted by Crippen LogP contribution is -2.44. The number of aryl methyl sites for hydroxylation is 1. The second-order valence-corrected chi connectivity index (χ2v) is 9.76. The molecule has 3 rings (SSSR count). The third kappa shape index (κ3) is 6.22. The molecule has 0 unspecified atom stereocenters. The highest BCUT2D eigenvalue weighted by atomic mass is 16.5. The minimum atomic E-state index is -0.107. The van der Waals surface area contributed by atoms with Gasteiger partial charge >= 0.3 is 0 Å². The van der Waals surface area contributed by atoms with Crippen LogP contribution in [0.3, 0.4) is 0 Å². The lowest BCUT2D eigenvalue weighted by molar-refractivity contribution is -0.133. The molecule has 6 heteroatoms. The van der Waals surface area contributed by atoms with Gasteiger partial charge in [-0.1, -0.05) is 32.9 Å². The molecule has 1 fully saturated rings. The lowest BCUT2D eigenvalue weighted by atomic mass is 9.86. The van der Waals surface area contributed by atoms with E-state index in [0.29, 0.717) is 31.7 Å². The van der Waals surface area contributed by atoms with Gasteiger partial charge in [0.1, 0.15) is 6.54 Å². The summed E-state index contributed by atoms with van der Waals surface area (Å²) in [6.07, 6.45) is 4.74. The molecule has 0 atom stereocenters. The summed E-state index contributed by atoms with van der Waals surface area (Å²) < 4.78 is 7.22. The minimum Gasteiger partial charge on any atom is -0.385 e. The van der Waals surface area contributed by atoms with Gasteiger partial charge in [-0.25, -0.2) is 0 Å². The summed E-state index contributed by atoms with van der Waals surface area (Å²) in [4.78, 5) is 30.3.